The van der Waals surface area contributed by atoms with Crippen LogP contribution < -0.4 is 0 Å². The van der Waals surface area contributed by atoms with Crippen molar-refractivity contribution in [1.29, 1.82) is 0 Å². The molecule has 0 N–H and O–H groups in total. The Kier molecular flexibility index (Phi) is 5.13. The smallest absolute Gasteiger partial charge is 0 e. The van der Waals surface area contributed by atoms with Crippen molar-refractivity contribution in [2.75, 3.05) is 0 Å². The van der Waals surface area contributed by atoms with Gasteiger partial charge >= 0.3 is 0 Å². The first-order chi connectivity index (χ1) is 4.33. The molecule has 0 unspecified atom stereocenters. The maximum absolute atomic E-state index is 3.08. The molecule has 0 radical (unpaired) electrons. The maximum Gasteiger partial charge on any atom is 0 e. The van der Waals surface area contributed by atoms with Crippen molar-refractivity contribution in [1.82, 2.24) is 0 Å². The van der Waals surface area contributed by atoms with Crippen molar-refractivity contribution in [3.63, 3.8) is 0 Å². The normalized spacial score (nSPS) is 8.60. The Balaban J connectivity index is 0.000000810. The number of benzene rings is 1. The van der Waals surface area contributed by atoms with E-state index in [4.69, 9.17) is 0 Å². The fraction of sp³-hybridized carbons (Fsp3) is 0.333. The third-order valence-electron chi connectivity index (χ3n) is 1.40. The molecule has 0 saturated heterocycles. The summed E-state index contributed by atoms with van der Waals surface area (Å²) in [6, 6.07) is 9.31. The van der Waals surface area contributed by atoms with Crippen molar-refractivity contribution in [3.8, 4) is 0 Å². The van der Waals surface area contributed by atoms with Crippen LogP contribution in [-0.4, -0.2) is 0 Å². The second-order valence-electron chi connectivity index (χ2n) is 2.27. The van der Waals surface area contributed by atoms with Crippen LogP contribution in [-0.2, 0) is 6.42 Å². The maximum atomic E-state index is 3.08. The first-order valence-electron chi connectivity index (χ1n) is 3.29. The van der Waals surface area contributed by atoms with Crippen LogP contribution in [0.3, 0.4) is 0 Å². The Morgan fingerprint density at radius 2 is 2.10 bits per heavy atom. The molecule has 0 atom stereocenters. The van der Waals surface area contributed by atoms with Gasteiger partial charge in [0.05, 0.1) is 0 Å². The summed E-state index contributed by atoms with van der Waals surface area (Å²) in [7, 11) is 0. The number of aryl methyl sites for hydroxylation is 2. The van der Waals surface area contributed by atoms with Crippen molar-refractivity contribution in [2.45, 2.75) is 20.3 Å². The van der Waals surface area contributed by atoms with Crippen LogP contribution in [0.15, 0.2) is 18.2 Å². The number of rotatable bonds is 1. The molecule has 0 amide bonds. The minimum Gasteiger partial charge on any atom is -0.183 e. The van der Waals surface area contributed by atoms with Crippen LogP contribution >= 0.6 is 0 Å². The molecule has 0 fully saturated rings. The summed E-state index contributed by atoms with van der Waals surface area (Å²) in [5, 5.41) is 0. The molecule has 10 heavy (non-hydrogen) atoms. The van der Waals surface area contributed by atoms with Gasteiger partial charge in [0.1, 0.15) is 0 Å². The molecule has 0 aromatic heterocycles. The molecule has 1 heteroatoms. The molecule has 52 valence electrons. The molecule has 1 aromatic rings. The van der Waals surface area contributed by atoms with E-state index in [0.29, 0.717) is 0 Å². The Hall–Kier alpha value is 0.272. The topological polar surface area (TPSA) is 0 Å². The van der Waals surface area contributed by atoms with Crippen LogP contribution in [0.25, 0.3) is 0 Å². The Labute approximate surface area is 86.4 Å². The van der Waals surface area contributed by atoms with Gasteiger partial charge in [-0.2, -0.15) is 35.4 Å². The van der Waals surface area contributed by atoms with E-state index in [9.17, 15) is 0 Å². The quantitative estimate of drug-likeness (QED) is 0.677. The van der Waals surface area contributed by atoms with Gasteiger partial charge in [-0.05, 0) is 0 Å². The third kappa shape index (κ3) is 2.90. The van der Waals surface area contributed by atoms with Crippen LogP contribution in [0.1, 0.15) is 18.1 Å². The number of hydrogen-bond acceptors (Lipinski definition) is 0. The fourth-order valence-electron chi connectivity index (χ4n) is 0.860. The Morgan fingerprint density at radius 1 is 1.40 bits per heavy atom. The standard InChI is InChI=1S/C9H11.U/c1-3-9-6-4-5-8(2)7-9;/h5-7H,3H2,1-2H3;/q-1;. The van der Waals surface area contributed by atoms with Gasteiger partial charge in [-0.1, -0.05) is 20.3 Å². The third-order valence-corrected chi connectivity index (χ3v) is 1.40. The largest absolute Gasteiger partial charge is 0.183 e. The minimum absolute atomic E-state index is 0. The van der Waals surface area contributed by atoms with Crippen molar-refractivity contribution >= 4 is 0 Å². The summed E-state index contributed by atoms with van der Waals surface area (Å²) >= 11 is 0. The molecular formula is C9H11U-. The van der Waals surface area contributed by atoms with E-state index in [2.05, 4.69) is 26.0 Å². The molecular weight excluding hydrogens is 346 g/mol. The van der Waals surface area contributed by atoms with E-state index in [1.807, 2.05) is 12.1 Å². The summed E-state index contributed by atoms with van der Waals surface area (Å²) in [6.45, 7) is 4.25. The second kappa shape index (κ2) is 4.99. The van der Waals surface area contributed by atoms with Gasteiger partial charge < -0.3 is 0 Å². The molecule has 1 aromatic carbocycles. The predicted molar refractivity (Wildman–Crippen MR) is 39.4 cm³/mol. The fourth-order valence-corrected chi connectivity index (χ4v) is 0.860. The van der Waals surface area contributed by atoms with Crippen molar-refractivity contribution in [2.24, 2.45) is 0 Å². The predicted octanol–water partition coefficient (Wildman–Crippen LogP) is 2.36. The van der Waals surface area contributed by atoms with E-state index < -0.39 is 0 Å². The van der Waals surface area contributed by atoms with Crippen LogP contribution in [0, 0.1) is 44.1 Å². The van der Waals surface area contributed by atoms with E-state index in [0.717, 1.165) is 6.42 Å². The van der Waals surface area contributed by atoms with Gasteiger partial charge in [0.2, 0.25) is 0 Å². The van der Waals surface area contributed by atoms with E-state index in [1.165, 1.54) is 11.1 Å². The van der Waals surface area contributed by atoms with E-state index >= 15 is 0 Å². The summed E-state index contributed by atoms with van der Waals surface area (Å²) in [6.07, 6.45) is 1.11. The number of hydrogen-bond donors (Lipinski definition) is 0. The van der Waals surface area contributed by atoms with Gasteiger partial charge in [0.15, 0.2) is 0 Å². The molecule has 0 saturated carbocycles. The molecule has 0 spiro atoms. The monoisotopic (exact) mass is 357 g/mol. The van der Waals surface area contributed by atoms with Crippen LogP contribution in [0.2, 0.25) is 0 Å². The first-order valence-corrected chi connectivity index (χ1v) is 3.29. The Bertz CT molecular complexity index is 194. The molecule has 0 aliphatic heterocycles. The second-order valence-corrected chi connectivity index (χ2v) is 2.27. The van der Waals surface area contributed by atoms with E-state index in [-0.39, 0.29) is 31.1 Å². The molecule has 0 bridgehead atoms. The van der Waals surface area contributed by atoms with Gasteiger partial charge in [-0.15, -0.1) is 0 Å². The van der Waals surface area contributed by atoms with Gasteiger partial charge in [-0.3, -0.25) is 0 Å². The minimum atomic E-state index is 0. The zero-order chi connectivity index (χ0) is 6.69. The van der Waals surface area contributed by atoms with Crippen molar-refractivity contribution in [3.05, 3.63) is 35.4 Å². The first kappa shape index (κ1) is 10.3. The molecule has 0 aliphatic rings. The van der Waals surface area contributed by atoms with Crippen LogP contribution in [0.4, 0.5) is 0 Å². The summed E-state index contributed by atoms with van der Waals surface area (Å²) in [5.41, 5.74) is 2.67. The average Bonchev–Trinajstić information content (AvgIpc) is 1.88. The van der Waals surface area contributed by atoms with Gasteiger partial charge in [0.25, 0.3) is 0 Å². The van der Waals surface area contributed by atoms with Gasteiger partial charge in [0, 0.05) is 31.1 Å². The zero-order valence-corrected chi connectivity index (χ0v) is 10.6. The summed E-state index contributed by atoms with van der Waals surface area (Å²) in [4.78, 5) is 0. The van der Waals surface area contributed by atoms with E-state index in [1.54, 1.807) is 0 Å². The molecule has 1 rings (SSSR count). The average molecular weight is 357 g/mol. The Morgan fingerprint density at radius 3 is 2.50 bits per heavy atom. The molecule has 0 heterocycles. The van der Waals surface area contributed by atoms with Crippen LogP contribution in [0.5, 0.6) is 0 Å². The molecule has 0 aliphatic carbocycles. The zero-order valence-electron chi connectivity index (χ0n) is 6.44. The summed E-state index contributed by atoms with van der Waals surface area (Å²) < 4.78 is 0. The van der Waals surface area contributed by atoms with Gasteiger partial charge in [-0.25, -0.2) is 0 Å². The summed E-state index contributed by atoms with van der Waals surface area (Å²) in [5.74, 6) is 0. The molecule has 0 nitrogen and oxygen atoms in total. The SMILES string of the molecule is CCc1c[c-]cc(C)c1.[U]. The van der Waals surface area contributed by atoms with Crippen molar-refractivity contribution < 1.29 is 31.1 Å².